The smallest absolute Gasteiger partial charge is 0.148 e. The minimum absolute atomic E-state index is 0.231. The van der Waals surface area contributed by atoms with E-state index >= 15 is 0 Å². The molecule has 1 heterocycles. The highest BCUT2D eigenvalue weighted by atomic mass is 35.5. The van der Waals surface area contributed by atoms with Crippen molar-refractivity contribution in [2.24, 2.45) is 0 Å². The summed E-state index contributed by atoms with van der Waals surface area (Å²) in [5.74, 6) is 0.820. The van der Waals surface area contributed by atoms with Gasteiger partial charge in [0.2, 0.25) is 0 Å². The molecule has 0 aliphatic rings. The van der Waals surface area contributed by atoms with E-state index in [9.17, 15) is 4.39 Å². The van der Waals surface area contributed by atoms with E-state index in [0.717, 1.165) is 0 Å². The Morgan fingerprint density at radius 1 is 1.12 bits per heavy atom. The van der Waals surface area contributed by atoms with E-state index in [-0.39, 0.29) is 5.69 Å². The Hall–Kier alpha value is -1.81. The third kappa shape index (κ3) is 2.65. The largest absolute Gasteiger partial charge is 0.373 e. The molecule has 0 fully saturated rings. The van der Waals surface area contributed by atoms with Crippen LogP contribution >= 0.6 is 11.6 Å². The summed E-state index contributed by atoms with van der Waals surface area (Å²) in [6.07, 6.45) is 0. The number of aromatic nitrogens is 1. The first-order chi connectivity index (χ1) is 8.20. The van der Waals surface area contributed by atoms with Crippen LogP contribution in [0, 0.1) is 5.82 Å². The SMILES string of the molecule is CNc1cccc(Nc2c(F)cccc2Cl)n1. The molecule has 17 heavy (non-hydrogen) atoms. The summed E-state index contributed by atoms with van der Waals surface area (Å²) < 4.78 is 13.5. The maximum absolute atomic E-state index is 13.5. The number of anilines is 3. The van der Waals surface area contributed by atoms with Crippen LogP contribution in [0.2, 0.25) is 5.02 Å². The van der Waals surface area contributed by atoms with Crippen LogP contribution in [-0.4, -0.2) is 12.0 Å². The van der Waals surface area contributed by atoms with Gasteiger partial charge in [0.1, 0.15) is 17.5 Å². The van der Waals surface area contributed by atoms with Crippen molar-refractivity contribution in [3.8, 4) is 0 Å². The van der Waals surface area contributed by atoms with E-state index in [1.165, 1.54) is 6.07 Å². The van der Waals surface area contributed by atoms with Crippen LogP contribution in [0.4, 0.5) is 21.7 Å². The summed E-state index contributed by atoms with van der Waals surface area (Å²) in [6, 6.07) is 9.89. The summed E-state index contributed by atoms with van der Waals surface area (Å²) in [6.45, 7) is 0. The molecule has 0 radical (unpaired) electrons. The third-order valence-electron chi connectivity index (χ3n) is 2.22. The van der Waals surface area contributed by atoms with Crippen LogP contribution in [0.15, 0.2) is 36.4 Å². The zero-order valence-electron chi connectivity index (χ0n) is 9.17. The molecular weight excluding hydrogens is 241 g/mol. The zero-order valence-corrected chi connectivity index (χ0v) is 9.92. The molecule has 1 aromatic carbocycles. The van der Waals surface area contributed by atoms with Crippen LogP contribution < -0.4 is 10.6 Å². The number of nitrogens with zero attached hydrogens (tertiary/aromatic N) is 1. The molecule has 0 aliphatic heterocycles. The molecule has 2 rings (SSSR count). The first kappa shape index (κ1) is 11.7. The van der Waals surface area contributed by atoms with Gasteiger partial charge in [0.15, 0.2) is 0 Å². The number of para-hydroxylation sites is 1. The summed E-state index contributed by atoms with van der Waals surface area (Å²) in [4.78, 5) is 4.22. The van der Waals surface area contributed by atoms with Crippen molar-refractivity contribution in [3.63, 3.8) is 0 Å². The Labute approximate surface area is 104 Å². The Morgan fingerprint density at radius 2 is 1.82 bits per heavy atom. The van der Waals surface area contributed by atoms with Gasteiger partial charge >= 0.3 is 0 Å². The van der Waals surface area contributed by atoms with Gasteiger partial charge in [-0.25, -0.2) is 9.37 Å². The van der Waals surface area contributed by atoms with Crippen LogP contribution in [0.5, 0.6) is 0 Å². The quantitative estimate of drug-likeness (QED) is 0.874. The molecular formula is C12H11ClFN3. The molecule has 2 aromatic rings. The van der Waals surface area contributed by atoms with E-state index in [1.54, 1.807) is 25.2 Å². The van der Waals surface area contributed by atoms with Gasteiger partial charge in [0, 0.05) is 7.05 Å². The Bertz CT molecular complexity index is 511. The van der Waals surface area contributed by atoms with Gasteiger partial charge in [-0.15, -0.1) is 0 Å². The standard InChI is InChI=1S/C12H11ClFN3/c1-15-10-6-3-7-11(16-10)17-12-8(13)4-2-5-9(12)14/h2-7H,1H3,(H2,15,16,17). The topological polar surface area (TPSA) is 37.0 Å². The lowest BCUT2D eigenvalue weighted by molar-refractivity contribution is 0.632. The number of halogens is 2. The van der Waals surface area contributed by atoms with Crippen molar-refractivity contribution in [3.05, 3.63) is 47.2 Å². The van der Waals surface area contributed by atoms with Crippen molar-refractivity contribution in [2.45, 2.75) is 0 Å². The van der Waals surface area contributed by atoms with Crippen molar-refractivity contribution >= 4 is 28.9 Å². The molecule has 0 spiro atoms. The fourth-order valence-electron chi connectivity index (χ4n) is 1.39. The van der Waals surface area contributed by atoms with Gasteiger partial charge in [-0.3, -0.25) is 0 Å². The summed E-state index contributed by atoms with van der Waals surface area (Å²) in [7, 11) is 1.77. The highest BCUT2D eigenvalue weighted by Gasteiger charge is 2.07. The average molecular weight is 252 g/mol. The fraction of sp³-hybridized carbons (Fsp3) is 0.0833. The van der Waals surface area contributed by atoms with Gasteiger partial charge in [0.25, 0.3) is 0 Å². The van der Waals surface area contributed by atoms with E-state index < -0.39 is 5.82 Å². The molecule has 0 saturated carbocycles. The highest BCUT2D eigenvalue weighted by molar-refractivity contribution is 6.33. The van der Waals surface area contributed by atoms with Gasteiger partial charge in [0.05, 0.1) is 10.7 Å². The second-order valence-electron chi connectivity index (χ2n) is 3.38. The van der Waals surface area contributed by atoms with Gasteiger partial charge in [-0.1, -0.05) is 23.7 Å². The third-order valence-corrected chi connectivity index (χ3v) is 2.54. The first-order valence-electron chi connectivity index (χ1n) is 5.06. The minimum atomic E-state index is -0.408. The van der Waals surface area contributed by atoms with Crippen molar-refractivity contribution in [2.75, 3.05) is 17.7 Å². The summed E-state index contributed by atoms with van der Waals surface area (Å²) in [5.41, 5.74) is 0.231. The Balaban J connectivity index is 2.31. The lowest BCUT2D eigenvalue weighted by Gasteiger charge is -2.09. The van der Waals surface area contributed by atoms with Gasteiger partial charge in [-0.2, -0.15) is 0 Å². The fourth-order valence-corrected chi connectivity index (χ4v) is 1.60. The second kappa shape index (κ2) is 5.01. The first-order valence-corrected chi connectivity index (χ1v) is 5.44. The summed E-state index contributed by atoms with van der Waals surface area (Å²) >= 11 is 5.91. The molecule has 0 saturated heterocycles. The monoisotopic (exact) mass is 251 g/mol. The maximum Gasteiger partial charge on any atom is 0.148 e. The van der Waals surface area contributed by atoms with Crippen LogP contribution in [-0.2, 0) is 0 Å². The molecule has 0 amide bonds. The van der Waals surface area contributed by atoms with Crippen molar-refractivity contribution in [1.29, 1.82) is 0 Å². The minimum Gasteiger partial charge on any atom is -0.373 e. The number of hydrogen-bond donors (Lipinski definition) is 2. The molecule has 5 heteroatoms. The highest BCUT2D eigenvalue weighted by Crippen LogP contribution is 2.27. The summed E-state index contributed by atoms with van der Waals surface area (Å²) in [5, 5.41) is 6.08. The lowest BCUT2D eigenvalue weighted by Crippen LogP contribution is -1.99. The molecule has 1 aromatic heterocycles. The number of rotatable bonds is 3. The number of pyridine rings is 1. The van der Waals surface area contributed by atoms with Gasteiger partial charge < -0.3 is 10.6 Å². The van der Waals surface area contributed by atoms with E-state index in [4.69, 9.17) is 11.6 Å². The second-order valence-corrected chi connectivity index (χ2v) is 3.79. The average Bonchev–Trinajstić information content (AvgIpc) is 2.34. The normalized spacial score (nSPS) is 10.1. The Morgan fingerprint density at radius 3 is 2.53 bits per heavy atom. The molecule has 3 nitrogen and oxygen atoms in total. The predicted molar refractivity (Wildman–Crippen MR) is 68.5 cm³/mol. The Kier molecular flexibility index (Phi) is 3.44. The predicted octanol–water partition coefficient (Wildman–Crippen LogP) is 3.66. The number of nitrogens with one attached hydrogen (secondary N) is 2. The number of benzene rings is 1. The van der Waals surface area contributed by atoms with E-state index in [1.807, 2.05) is 12.1 Å². The van der Waals surface area contributed by atoms with Crippen LogP contribution in [0.3, 0.4) is 0 Å². The van der Waals surface area contributed by atoms with Crippen LogP contribution in [0.1, 0.15) is 0 Å². The van der Waals surface area contributed by atoms with E-state index in [2.05, 4.69) is 15.6 Å². The van der Waals surface area contributed by atoms with Crippen molar-refractivity contribution in [1.82, 2.24) is 4.98 Å². The molecule has 0 unspecified atom stereocenters. The van der Waals surface area contributed by atoms with Crippen LogP contribution in [0.25, 0.3) is 0 Å². The van der Waals surface area contributed by atoms with E-state index in [0.29, 0.717) is 16.7 Å². The molecule has 0 atom stereocenters. The van der Waals surface area contributed by atoms with Gasteiger partial charge in [-0.05, 0) is 24.3 Å². The molecule has 0 bridgehead atoms. The molecule has 0 aliphatic carbocycles. The maximum atomic E-state index is 13.5. The molecule has 88 valence electrons. The molecule has 2 N–H and O–H groups in total. The lowest BCUT2D eigenvalue weighted by atomic mass is 10.3. The zero-order chi connectivity index (χ0) is 12.3. The van der Waals surface area contributed by atoms with Crippen molar-refractivity contribution < 1.29 is 4.39 Å². The number of hydrogen-bond acceptors (Lipinski definition) is 3.